The molecule has 3 rings (SSSR count). The number of nitrogens with one attached hydrogen (secondary N) is 2. The first kappa shape index (κ1) is 25.6. The van der Waals surface area contributed by atoms with Crippen molar-refractivity contribution in [2.45, 2.75) is 32.7 Å². The van der Waals surface area contributed by atoms with Gasteiger partial charge in [0.1, 0.15) is 5.82 Å². The van der Waals surface area contributed by atoms with Gasteiger partial charge in [-0.25, -0.2) is 4.98 Å². The number of hydrogen-bond acceptors (Lipinski definition) is 4. The molecule has 1 aromatic carbocycles. The van der Waals surface area contributed by atoms with E-state index in [1.54, 1.807) is 0 Å². The lowest BCUT2D eigenvalue weighted by Gasteiger charge is -2.12. The molecule has 0 radical (unpaired) electrons. The number of guanidine groups is 1. The monoisotopic (exact) mass is 541 g/mol. The first-order valence-electron chi connectivity index (χ1n) is 11.1. The minimum atomic E-state index is 0. The highest BCUT2D eigenvalue weighted by Gasteiger charge is 2.15. The van der Waals surface area contributed by atoms with Gasteiger partial charge in [0, 0.05) is 64.1 Å². The van der Waals surface area contributed by atoms with E-state index < -0.39 is 0 Å². The van der Waals surface area contributed by atoms with Crippen molar-refractivity contribution < 1.29 is 9.47 Å². The van der Waals surface area contributed by atoms with E-state index in [9.17, 15) is 0 Å². The number of aromatic nitrogens is 2. The average molecular weight is 541 g/mol. The maximum Gasteiger partial charge on any atom is 0.191 e. The van der Waals surface area contributed by atoms with Gasteiger partial charge in [0.05, 0.1) is 13.2 Å². The number of ether oxygens (including phenoxy) is 2. The van der Waals surface area contributed by atoms with Gasteiger partial charge in [0.25, 0.3) is 0 Å². The smallest absolute Gasteiger partial charge is 0.191 e. The molecule has 2 heterocycles. The van der Waals surface area contributed by atoms with Crippen molar-refractivity contribution in [2.24, 2.45) is 10.9 Å². The SMILES string of the molecule is CCNC(=NCCCOCC1CCOC1)NCCc1nccn1Cc1ccccc1.I. The van der Waals surface area contributed by atoms with Crippen LogP contribution in [0.4, 0.5) is 0 Å². The van der Waals surface area contributed by atoms with Gasteiger partial charge < -0.3 is 24.7 Å². The number of hydrogen-bond donors (Lipinski definition) is 2. The first-order chi connectivity index (χ1) is 14.8. The van der Waals surface area contributed by atoms with Crippen LogP contribution in [0.3, 0.4) is 0 Å². The molecule has 2 aromatic rings. The summed E-state index contributed by atoms with van der Waals surface area (Å²) < 4.78 is 13.3. The van der Waals surface area contributed by atoms with Gasteiger partial charge in [0.2, 0.25) is 0 Å². The van der Waals surface area contributed by atoms with Gasteiger partial charge in [-0.2, -0.15) is 0 Å². The Hall–Kier alpha value is -1.65. The molecular weight excluding hydrogens is 505 g/mol. The molecule has 0 saturated carbocycles. The van der Waals surface area contributed by atoms with Gasteiger partial charge >= 0.3 is 0 Å². The van der Waals surface area contributed by atoms with Gasteiger partial charge in [-0.3, -0.25) is 4.99 Å². The molecule has 0 aliphatic carbocycles. The Morgan fingerprint density at radius 1 is 1.29 bits per heavy atom. The molecule has 1 saturated heterocycles. The molecule has 172 valence electrons. The quantitative estimate of drug-likeness (QED) is 0.187. The van der Waals surface area contributed by atoms with E-state index in [1.807, 2.05) is 18.5 Å². The third-order valence-electron chi connectivity index (χ3n) is 5.08. The Morgan fingerprint density at radius 2 is 2.16 bits per heavy atom. The normalized spacial score (nSPS) is 16.2. The zero-order chi connectivity index (χ0) is 20.9. The summed E-state index contributed by atoms with van der Waals surface area (Å²) in [5, 5.41) is 6.72. The van der Waals surface area contributed by atoms with Crippen molar-refractivity contribution >= 4 is 29.9 Å². The highest BCUT2D eigenvalue weighted by Crippen LogP contribution is 2.12. The van der Waals surface area contributed by atoms with Crippen LogP contribution >= 0.6 is 24.0 Å². The number of benzene rings is 1. The average Bonchev–Trinajstić information content (AvgIpc) is 3.44. The summed E-state index contributed by atoms with van der Waals surface area (Å²) in [5.41, 5.74) is 1.28. The summed E-state index contributed by atoms with van der Waals surface area (Å²) in [6.45, 7) is 8.57. The fraction of sp³-hybridized carbons (Fsp3) is 0.565. The third-order valence-corrected chi connectivity index (χ3v) is 5.08. The second kappa shape index (κ2) is 15.2. The molecule has 0 amide bonds. The van der Waals surface area contributed by atoms with Gasteiger partial charge in [-0.15, -0.1) is 24.0 Å². The highest BCUT2D eigenvalue weighted by molar-refractivity contribution is 14.0. The Balaban J connectivity index is 0.00000341. The van der Waals surface area contributed by atoms with Crippen LogP contribution in [0.15, 0.2) is 47.7 Å². The lowest BCUT2D eigenvalue weighted by molar-refractivity contribution is 0.0893. The van der Waals surface area contributed by atoms with Crippen molar-refractivity contribution in [1.82, 2.24) is 20.2 Å². The van der Waals surface area contributed by atoms with E-state index in [2.05, 4.69) is 56.4 Å². The van der Waals surface area contributed by atoms with Crippen molar-refractivity contribution in [3.8, 4) is 0 Å². The summed E-state index contributed by atoms with van der Waals surface area (Å²) in [7, 11) is 0. The number of rotatable bonds is 12. The van der Waals surface area contributed by atoms with Crippen molar-refractivity contribution in [3.63, 3.8) is 0 Å². The standard InChI is InChI=1S/C23H35N5O2.HI/c1-2-24-23(26-11-6-15-29-18-21-10-16-30-19-21)27-12-9-22-25-13-14-28(22)17-20-7-4-3-5-8-20;/h3-5,7-8,13-14,21H,2,6,9-12,15-19H2,1H3,(H2,24,26,27);1H. The molecule has 1 aromatic heterocycles. The Labute approximate surface area is 203 Å². The molecular formula is C23H36IN5O2. The second-order valence-corrected chi connectivity index (χ2v) is 7.55. The molecule has 1 atom stereocenters. The van der Waals surface area contributed by atoms with Crippen molar-refractivity contribution in [3.05, 3.63) is 54.1 Å². The number of halogens is 1. The third kappa shape index (κ3) is 9.57. The minimum absolute atomic E-state index is 0. The number of nitrogens with zero attached hydrogens (tertiary/aromatic N) is 3. The fourth-order valence-corrected chi connectivity index (χ4v) is 3.45. The fourth-order valence-electron chi connectivity index (χ4n) is 3.45. The zero-order valence-corrected chi connectivity index (χ0v) is 20.8. The maximum atomic E-state index is 5.75. The van der Waals surface area contributed by atoms with E-state index in [1.165, 1.54) is 5.56 Å². The first-order valence-corrected chi connectivity index (χ1v) is 11.1. The molecule has 1 unspecified atom stereocenters. The van der Waals surface area contributed by atoms with Crippen molar-refractivity contribution in [2.75, 3.05) is 46.1 Å². The minimum Gasteiger partial charge on any atom is -0.381 e. The van der Waals surface area contributed by atoms with Crippen molar-refractivity contribution in [1.29, 1.82) is 0 Å². The molecule has 7 nitrogen and oxygen atoms in total. The molecule has 8 heteroatoms. The zero-order valence-electron chi connectivity index (χ0n) is 18.5. The number of aliphatic imine (C=N–C) groups is 1. The molecule has 0 bridgehead atoms. The predicted octanol–water partition coefficient (Wildman–Crippen LogP) is 3.09. The Bertz CT molecular complexity index is 747. The van der Waals surface area contributed by atoms with Crippen LogP contribution in [-0.2, 0) is 22.4 Å². The van der Waals surface area contributed by atoms with E-state index in [0.29, 0.717) is 5.92 Å². The summed E-state index contributed by atoms with van der Waals surface area (Å²) >= 11 is 0. The van der Waals surface area contributed by atoms with Gasteiger partial charge in [-0.1, -0.05) is 30.3 Å². The molecule has 31 heavy (non-hydrogen) atoms. The van der Waals surface area contributed by atoms with E-state index >= 15 is 0 Å². The van der Waals surface area contributed by atoms with Crippen LogP contribution in [0.1, 0.15) is 31.2 Å². The van der Waals surface area contributed by atoms with E-state index in [4.69, 9.17) is 9.47 Å². The summed E-state index contributed by atoms with van der Waals surface area (Å²) in [5.74, 6) is 2.50. The summed E-state index contributed by atoms with van der Waals surface area (Å²) in [4.78, 5) is 9.18. The largest absolute Gasteiger partial charge is 0.381 e. The van der Waals surface area contributed by atoms with E-state index in [-0.39, 0.29) is 24.0 Å². The van der Waals surface area contributed by atoms with E-state index in [0.717, 1.165) is 83.7 Å². The summed E-state index contributed by atoms with van der Waals surface area (Å²) in [6.07, 6.45) is 6.80. The highest BCUT2D eigenvalue weighted by atomic mass is 127. The molecule has 2 N–H and O–H groups in total. The molecule has 1 aliphatic heterocycles. The van der Waals surface area contributed by atoms with Crippen LogP contribution in [0, 0.1) is 5.92 Å². The predicted molar refractivity (Wildman–Crippen MR) is 135 cm³/mol. The lowest BCUT2D eigenvalue weighted by atomic mass is 10.1. The maximum absolute atomic E-state index is 5.75. The molecule has 1 fully saturated rings. The molecule has 0 spiro atoms. The topological polar surface area (TPSA) is 72.7 Å². The van der Waals surface area contributed by atoms with Crippen LogP contribution in [0.5, 0.6) is 0 Å². The lowest BCUT2D eigenvalue weighted by Crippen LogP contribution is -2.38. The van der Waals surface area contributed by atoms with Gasteiger partial charge in [0.15, 0.2) is 5.96 Å². The Kier molecular flexibility index (Phi) is 12.6. The summed E-state index contributed by atoms with van der Waals surface area (Å²) in [6, 6.07) is 10.5. The van der Waals surface area contributed by atoms with Gasteiger partial charge in [-0.05, 0) is 25.3 Å². The second-order valence-electron chi connectivity index (χ2n) is 7.55. The molecule has 1 aliphatic rings. The van der Waals surface area contributed by atoms with Crippen LogP contribution in [-0.4, -0.2) is 61.6 Å². The number of imidazole rings is 1. The van der Waals surface area contributed by atoms with Crippen LogP contribution in [0.2, 0.25) is 0 Å². The Morgan fingerprint density at radius 3 is 2.94 bits per heavy atom. The van der Waals surface area contributed by atoms with Crippen LogP contribution < -0.4 is 10.6 Å². The van der Waals surface area contributed by atoms with Crippen LogP contribution in [0.25, 0.3) is 0 Å².